The van der Waals surface area contributed by atoms with Gasteiger partial charge in [0.15, 0.2) is 0 Å². The number of hydrogen-bond acceptors (Lipinski definition) is 5. The molecular formula is C14H25N5. The van der Waals surface area contributed by atoms with Gasteiger partial charge in [0.05, 0.1) is 11.4 Å². The van der Waals surface area contributed by atoms with Crippen molar-refractivity contribution in [3.8, 4) is 0 Å². The van der Waals surface area contributed by atoms with Crippen LogP contribution in [0.5, 0.6) is 0 Å². The molecule has 1 aromatic rings. The Morgan fingerprint density at radius 2 is 1.68 bits per heavy atom. The van der Waals surface area contributed by atoms with Crippen LogP contribution in [0.25, 0.3) is 0 Å². The van der Waals surface area contributed by atoms with E-state index in [1.54, 1.807) is 0 Å². The van der Waals surface area contributed by atoms with Crippen molar-refractivity contribution in [2.24, 2.45) is 5.73 Å². The van der Waals surface area contributed by atoms with E-state index in [1.165, 1.54) is 0 Å². The predicted octanol–water partition coefficient (Wildman–Crippen LogP) is 1.70. The normalized spacial score (nSPS) is 23.4. The van der Waals surface area contributed by atoms with Gasteiger partial charge in [0.25, 0.3) is 0 Å². The summed E-state index contributed by atoms with van der Waals surface area (Å²) >= 11 is 0. The fourth-order valence-corrected chi connectivity index (χ4v) is 2.73. The van der Waals surface area contributed by atoms with E-state index in [0.717, 1.165) is 55.9 Å². The van der Waals surface area contributed by atoms with Gasteiger partial charge in [-0.25, -0.2) is 4.98 Å². The predicted molar refractivity (Wildman–Crippen MR) is 77.2 cm³/mol. The van der Waals surface area contributed by atoms with Crippen molar-refractivity contribution in [1.29, 1.82) is 0 Å². The zero-order valence-electron chi connectivity index (χ0n) is 12.3. The van der Waals surface area contributed by atoms with Gasteiger partial charge in [-0.05, 0) is 38.5 Å². The van der Waals surface area contributed by atoms with Gasteiger partial charge in [-0.3, -0.25) is 0 Å². The SMILES string of the molecule is CCc1nnc(N(C)C2CCC(N)CC2)nc1CC. The molecule has 106 valence electrons. The summed E-state index contributed by atoms with van der Waals surface area (Å²) in [7, 11) is 2.07. The van der Waals surface area contributed by atoms with Gasteiger partial charge in [-0.2, -0.15) is 5.10 Å². The molecule has 5 heteroatoms. The number of hydrogen-bond donors (Lipinski definition) is 1. The molecule has 0 atom stereocenters. The first-order valence-electron chi connectivity index (χ1n) is 7.36. The average Bonchev–Trinajstić information content (AvgIpc) is 2.46. The van der Waals surface area contributed by atoms with Crippen molar-refractivity contribution in [3.63, 3.8) is 0 Å². The molecule has 19 heavy (non-hydrogen) atoms. The van der Waals surface area contributed by atoms with Gasteiger partial charge in [0.1, 0.15) is 0 Å². The molecule has 0 aromatic carbocycles. The molecule has 0 bridgehead atoms. The van der Waals surface area contributed by atoms with Crippen LogP contribution in [0.4, 0.5) is 5.95 Å². The van der Waals surface area contributed by atoms with Crippen molar-refractivity contribution in [2.75, 3.05) is 11.9 Å². The van der Waals surface area contributed by atoms with Gasteiger partial charge in [0.2, 0.25) is 5.95 Å². The van der Waals surface area contributed by atoms with E-state index >= 15 is 0 Å². The molecule has 1 fully saturated rings. The molecule has 5 nitrogen and oxygen atoms in total. The highest BCUT2D eigenvalue weighted by Gasteiger charge is 2.24. The van der Waals surface area contributed by atoms with Crippen molar-refractivity contribution in [2.45, 2.75) is 64.5 Å². The average molecular weight is 263 g/mol. The van der Waals surface area contributed by atoms with Gasteiger partial charge >= 0.3 is 0 Å². The second-order valence-corrected chi connectivity index (χ2v) is 5.39. The minimum atomic E-state index is 0.373. The summed E-state index contributed by atoms with van der Waals surface area (Å²) in [6.45, 7) is 4.21. The molecule has 0 unspecified atom stereocenters. The Kier molecular flexibility index (Phi) is 4.69. The van der Waals surface area contributed by atoms with E-state index in [-0.39, 0.29) is 0 Å². The van der Waals surface area contributed by atoms with Gasteiger partial charge in [-0.1, -0.05) is 13.8 Å². The van der Waals surface area contributed by atoms with Gasteiger partial charge < -0.3 is 10.6 Å². The Balaban J connectivity index is 2.12. The highest BCUT2D eigenvalue weighted by molar-refractivity contribution is 5.31. The molecule has 0 saturated heterocycles. The first kappa shape index (κ1) is 14.2. The van der Waals surface area contributed by atoms with Crippen molar-refractivity contribution in [1.82, 2.24) is 15.2 Å². The largest absolute Gasteiger partial charge is 0.340 e. The summed E-state index contributed by atoms with van der Waals surface area (Å²) in [6, 6.07) is 0.871. The smallest absolute Gasteiger partial charge is 0.245 e. The van der Waals surface area contributed by atoms with E-state index in [2.05, 4.69) is 41.0 Å². The lowest BCUT2D eigenvalue weighted by Gasteiger charge is -2.33. The number of aromatic nitrogens is 3. The number of nitrogens with two attached hydrogens (primary N) is 1. The number of nitrogens with zero attached hydrogens (tertiary/aromatic N) is 4. The molecule has 1 heterocycles. The van der Waals surface area contributed by atoms with Crippen LogP contribution in [-0.2, 0) is 12.8 Å². The van der Waals surface area contributed by atoms with E-state index < -0.39 is 0 Å². The summed E-state index contributed by atoms with van der Waals surface area (Å²) < 4.78 is 0. The second-order valence-electron chi connectivity index (χ2n) is 5.39. The fraction of sp³-hybridized carbons (Fsp3) is 0.786. The fourth-order valence-electron chi connectivity index (χ4n) is 2.73. The van der Waals surface area contributed by atoms with Crippen LogP contribution in [0.3, 0.4) is 0 Å². The van der Waals surface area contributed by atoms with Crippen LogP contribution < -0.4 is 10.6 Å². The monoisotopic (exact) mass is 263 g/mol. The van der Waals surface area contributed by atoms with Crippen molar-refractivity contribution in [3.05, 3.63) is 11.4 Å². The van der Waals surface area contributed by atoms with Crippen LogP contribution in [0.1, 0.15) is 50.9 Å². The van der Waals surface area contributed by atoms with E-state index in [0.29, 0.717) is 12.1 Å². The molecule has 0 amide bonds. The van der Waals surface area contributed by atoms with Gasteiger partial charge in [-0.15, -0.1) is 5.10 Å². The molecule has 0 spiro atoms. The zero-order valence-corrected chi connectivity index (χ0v) is 12.3. The number of rotatable bonds is 4. The quantitative estimate of drug-likeness (QED) is 0.895. The standard InChI is InChI=1S/C14H25N5/c1-4-12-13(5-2)17-18-14(16-12)19(3)11-8-6-10(15)7-9-11/h10-11H,4-9,15H2,1-3H3. The maximum absolute atomic E-state index is 5.96. The maximum atomic E-state index is 5.96. The van der Waals surface area contributed by atoms with E-state index in [4.69, 9.17) is 5.73 Å². The van der Waals surface area contributed by atoms with Crippen LogP contribution in [-0.4, -0.2) is 34.3 Å². The first-order valence-corrected chi connectivity index (χ1v) is 7.36. The maximum Gasteiger partial charge on any atom is 0.245 e. The molecule has 1 saturated carbocycles. The topological polar surface area (TPSA) is 67.9 Å². The minimum Gasteiger partial charge on any atom is -0.340 e. The summed E-state index contributed by atoms with van der Waals surface area (Å²) in [4.78, 5) is 6.86. The molecule has 0 aliphatic heterocycles. The number of anilines is 1. The summed E-state index contributed by atoms with van der Waals surface area (Å²) in [5.74, 6) is 0.759. The molecule has 2 N–H and O–H groups in total. The Morgan fingerprint density at radius 1 is 1.05 bits per heavy atom. The van der Waals surface area contributed by atoms with E-state index in [9.17, 15) is 0 Å². The summed E-state index contributed by atoms with van der Waals surface area (Å²) in [5.41, 5.74) is 8.05. The minimum absolute atomic E-state index is 0.373. The Hall–Kier alpha value is -1.23. The summed E-state index contributed by atoms with van der Waals surface area (Å²) in [5, 5.41) is 8.61. The molecule has 1 aliphatic rings. The van der Waals surface area contributed by atoms with Crippen LogP contribution >= 0.6 is 0 Å². The zero-order chi connectivity index (χ0) is 13.8. The number of aryl methyl sites for hydroxylation is 2. The van der Waals surface area contributed by atoms with Crippen LogP contribution in [0, 0.1) is 0 Å². The summed E-state index contributed by atoms with van der Waals surface area (Å²) in [6.07, 6.45) is 6.24. The Labute approximate surface area is 115 Å². The third-order valence-electron chi connectivity index (χ3n) is 4.10. The molecular weight excluding hydrogens is 238 g/mol. The van der Waals surface area contributed by atoms with Crippen molar-refractivity contribution >= 4 is 5.95 Å². The second kappa shape index (κ2) is 6.28. The van der Waals surface area contributed by atoms with Crippen molar-refractivity contribution < 1.29 is 0 Å². The van der Waals surface area contributed by atoms with Gasteiger partial charge in [0, 0.05) is 19.1 Å². The Bertz CT molecular complexity index is 412. The third-order valence-corrected chi connectivity index (χ3v) is 4.10. The lowest BCUT2D eigenvalue weighted by Crippen LogP contribution is -2.39. The van der Waals surface area contributed by atoms with Crippen LogP contribution in [0.15, 0.2) is 0 Å². The third kappa shape index (κ3) is 3.21. The molecule has 0 radical (unpaired) electrons. The Morgan fingerprint density at radius 3 is 2.26 bits per heavy atom. The molecule has 1 aromatic heterocycles. The highest BCUT2D eigenvalue weighted by Crippen LogP contribution is 2.23. The molecule has 2 rings (SSSR count). The first-order chi connectivity index (χ1) is 9.15. The lowest BCUT2D eigenvalue weighted by atomic mass is 9.91. The van der Waals surface area contributed by atoms with E-state index in [1.807, 2.05) is 0 Å². The highest BCUT2D eigenvalue weighted by atomic mass is 15.3. The lowest BCUT2D eigenvalue weighted by molar-refractivity contribution is 0.381. The van der Waals surface area contributed by atoms with Crippen LogP contribution in [0.2, 0.25) is 0 Å². The molecule has 1 aliphatic carbocycles.